The van der Waals surface area contributed by atoms with Crippen molar-refractivity contribution in [3.8, 4) is 0 Å². The fraction of sp³-hybridized carbons (Fsp3) is 0.350. The van der Waals surface area contributed by atoms with Crippen molar-refractivity contribution in [1.82, 2.24) is 10.2 Å². The van der Waals surface area contributed by atoms with E-state index in [-0.39, 0.29) is 36.7 Å². The average molecular weight is 352 g/mol. The lowest BCUT2D eigenvalue weighted by atomic mass is 9.93. The average Bonchev–Trinajstić information content (AvgIpc) is 3.18. The smallest absolute Gasteiger partial charge is 0.261 e. The lowest BCUT2D eigenvalue weighted by Crippen LogP contribution is -2.36. The largest absolute Gasteiger partial charge is 0.469 e. The van der Waals surface area contributed by atoms with E-state index in [1.54, 1.807) is 18.4 Å². The van der Waals surface area contributed by atoms with E-state index in [0.29, 0.717) is 11.1 Å². The third kappa shape index (κ3) is 2.81. The molecular formula is C20H20N2O4. The van der Waals surface area contributed by atoms with Crippen molar-refractivity contribution in [1.29, 1.82) is 0 Å². The first-order chi connectivity index (χ1) is 12.5. The van der Waals surface area contributed by atoms with E-state index >= 15 is 0 Å². The topological polar surface area (TPSA) is 79.6 Å². The third-order valence-electron chi connectivity index (χ3n) is 5.08. The van der Waals surface area contributed by atoms with Gasteiger partial charge in [-0.1, -0.05) is 11.6 Å². The van der Waals surface area contributed by atoms with Crippen LogP contribution in [0.1, 0.15) is 62.9 Å². The molecule has 2 aliphatic rings. The van der Waals surface area contributed by atoms with Crippen LogP contribution in [0.5, 0.6) is 0 Å². The van der Waals surface area contributed by atoms with Gasteiger partial charge in [0.2, 0.25) is 5.91 Å². The molecule has 1 aliphatic heterocycles. The Morgan fingerprint density at radius 2 is 2.04 bits per heavy atom. The van der Waals surface area contributed by atoms with Gasteiger partial charge in [0, 0.05) is 24.9 Å². The quantitative estimate of drug-likeness (QED) is 0.858. The standard InChI is InChI=1S/C20H20N2O4/c1-12-5-6-13-15(11-12)20(25)22(19(13)24)9-7-18(23)21-16-3-2-4-17-14(16)8-10-26-17/h5-6,8,10-11,16H,2-4,7,9H2,1H3,(H,21,23). The van der Waals surface area contributed by atoms with Crippen molar-refractivity contribution < 1.29 is 18.8 Å². The Morgan fingerprint density at radius 1 is 1.23 bits per heavy atom. The highest BCUT2D eigenvalue weighted by Crippen LogP contribution is 2.30. The number of hydrogen-bond donors (Lipinski definition) is 1. The van der Waals surface area contributed by atoms with Crippen molar-refractivity contribution in [2.45, 2.75) is 38.6 Å². The Balaban J connectivity index is 1.39. The molecule has 1 atom stereocenters. The number of carbonyl (C=O) groups is 3. The number of carbonyl (C=O) groups excluding carboxylic acids is 3. The number of rotatable bonds is 4. The molecule has 1 aromatic heterocycles. The van der Waals surface area contributed by atoms with Gasteiger partial charge in [0.05, 0.1) is 23.4 Å². The van der Waals surface area contributed by atoms with Crippen molar-refractivity contribution in [3.63, 3.8) is 0 Å². The zero-order chi connectivity index (χ0) is 18.3. The van der Waals surface area contributed by atoms with Gasteiger partial charge < -0.3 is 9.73 Å². The molecule has 1 aromatic carbocycles. The van der Waals surface area contributed by atoms with E-state index in [1.807, 2.05) is 19.1 Å². The summed E-state index contributed by atoms with van der Waals surface area (Å²) in [4.78, 5) is 38.4. The van der Waals surface area contributed by atoms with Crippen molar-refractivity contribution in [2.75, 3.05) is 6.54 Å². The molecule has 1 N–H and O–H groups in total. The number of nitrogens with one attached hydrogen (secondary N) is 1. The zero-order valence-electron chi connectivity index (χ0n) is 14.6. The van der Waals surface area contributed by atoms with Crippen LogP contribution in [0.3, 0.4) is 0 Å². The summed E-state index contributed by atoms with van der Waals surface area (Å²) >= 11 is 0. The minimum Gasteiger partial charge on any atom is -0.469 e. The SMILES string of the molecule is Cc1ccc2c(c1)C(=O)N(CCC(=O)NC1CCCc3occc31)C2=O. The predicted molar refractivity (Wildman–Crippen MR) is 93.7 cm³/mol. The minimum atomic E-state index is -0.326. The van der Waals surface area contributed by atoms with E-state index in [2.05, 4.69) is 5.32 Å². The van der Waals surface area contributed by atoms with Gasteiger partial charge in [-0.25, -0.2) is 0 Å². The van der Waals surface area contributed by atoms with Crippen LogP contribution in [0.15, 0.2) is 34.9 Å². The van der Waals surface area contributed by atoms with Crippen LogP contribution in [-0.4, -0.2) is 29.2 Å². The second-order valence-corrected chi connectivity index (χ2v) is 6.87. The van der Waals surface area contributed by atoms with Gasteiger partial charge in [-0.2, -0.15) is 0 Å². The van der Waals surface area contributed by atoms with Gasteiger partial charge in [-0.3, -0.25) is 19.3 Å². The Kier molecular flexibility index (Phi) is 4.11. The van der Waals surface area contributed by atoms with E-state index in [4.69, 9.17) is 4.42 Å². The first kappa shape index (κ1) is 16.6. The van der Waals surface area contributed by atoms with Gasteiger partial charge in [-0.15, -0.1) is 0 Å². The van der Waals surface area contributed by atoms with Crippen molar-refractivity contribution in [3.05, 3.63) is 58.5 Å². The summed E-state index contributed by atoms with van der Waals surface area (Å²) in [6, 6.07) is 7.04. The number of amides is 3. The number of nitrogens with zero attached hydrogens (tertiary/aromatic N) is 1. The molecule has 0 bridgehead atoms. The summed E-state index contributed by atoms with van der Waals surface area (Å²) in [5.41, 5.74) is 2.79. The maximum atomic E-state index is 12.5. The van der Waals surface area contributed by atoms with Gasteiger partial charge in [0.15, 0.2) is 0 Å². The van der Waals surface area contributed by atoms with Gasteiger partial charge in [0.25, 0.3) is 11.8 Å². The Morgan fingerprint density at radius 3 is 2.88 bits per heavy atom. The summed E-state index contributed by atoms with van der Waals surface area (Å²) in [7, 11) is 0. The molecule has 26 heavy (non-hydrogen) atoms. The zero-order valence-corrected chi connectivity index (χ0v) is 14.6. The van der Waals surface area contributed by atoms with Crippen molar-refractivity contribution in [2.24, 2.45) is 0 Å². The lowest BCUT2D eigenvalue weighted by Gasteiger charge is -2.23. The molecule has 0 saturated heterocycles. The fourth-order valence-corrected chi connectivity index (χ4v) is 3.72. The molecule has 6 heteroatoms. The van der Waals surface area contributed by atoms with Crippen LogP contribution in [0.4, 0.5) is 0 Å². The summed E-state index contributed by atoms with van der Waals surface area (Å²) in [5, 5.41) is 3.00. The highest BCUT2D eigenvalue weighted by molar-refractivity contribution is 6.21. The Hall–Kier alpha value is -2.89. The normalized spacial score (nSPS) is 18.7. The second-order valence-electron chi connectivity index (χ2n) is 6.87. The van der Waals surface area contributed by atoms with Crippen molar-refractivity contribution >= 4 is 17.7 Å². The van der Waals surface area contributed by atoms with E-state index in [1.165, 1.54) is 0 Å². The molecule has 1 aliphatic carbocycles. The number of imide groups is 1. The number of benzene rings is 1. The molecule has 2 heterocycles. The summed E-state index contributed by atoms with van der Waals surface area (Å²) in [5.74, 6) is 0.109. The summed E-state index contributed by atoms with van der Waals surface area (Å²) in [6.45, 7) is 1.96. The van der Waals surface area contributed by atoms with Gasteiger partial charge in [0.1, 0.15) is 5.76 Å². The highest BCUT2D eigenvalue weighted by atomic mass is 16.3. The number of aryl methyl sites for hydroxylation is 2. The predicted octanol–water partition coefficient (Wildman–Crippen LogP) is 2.77. The number of furan rings is 1. The third-order valence-corrected chi connectivity index (χ3v) is 5.08. The molecule has 0 fully saturated rings. The molecule has 2 aromatic rings. The Bertz CT molecular complexity index is 899. The van der Waals surface area contributed by atoms with Crippen LogP contribution in [0.25, 0.3) is 0 Å². The van der Waals surface area contributed by atoms with E-state index in [0.717, 1.165) is 41.0 Å². The molecule has 3 amide bonds. The number of hydrogen-bond acceptors (Lipinski definition) is 4. The molecule has 134 valence electrons. The summed E-state index contributed by atoms with van der Waals surface area (Å²) < 4.78 is 5.43. The number of fused-ring (bicyclic) bond motifs is 2. The minimum absolute atomic E-state index is 0.0603. The first-order valence-corrected chi connectivity index (χ1v) is 8.87. The van der Waals surface area contributed by atoms with E-state index in [9.17, 15) is 14.4 Å². The molecule has 6 nitrogen and oxygen atoms in total. The fourth-order valence-electron chi connectivity index (χ4n) is 3.72. The first-order valence-electron chi connectivity index (χ1n) is 8.87. The van der Waals surface area contributed by atoms with E-state index < -0.39 is 0 Å². The molecule has 0 saturated carbocycles. The second kappa shape index (κ2) is 6.44. The maximum absolute atomic E-state index is 12.5. The molecule has 0 radical (unpaired) electrons. The maximum Gasteiger partial charge on any atom is 0.261 e. The van der Waals surface area contributed by atoms with Crippen LogP contribution in [-0.2, 0) is 11.2 Å². The Labute approximate surface area is 151 Å². The van der Waals surface area contributed by atoms with Crippen LogP contribution in [0.2, 0.25) is 0 Å². The molecular weight excluding hydrogens is 332 g/mol. The van der Waals surface area contributed by atoms with Crippen LogP contribution >= 0.6 is 0 Å². The lowest BCUT2D eigenvalue weighted by molar-refractivity contribution is -0.122. The highest BCUT2D eigenvalue weighted by Gasteiger charge is 2.35. The molecule has 0 spiro atoms. The van der Waals surface area contributed by atoms with Crippen LogP contribution < -0.4 is 5.32 Å². The van der Waals surface area contributed by atoms with Gasteiger partial charge in [-0.05, 0) is 38.0 Å². The molecule has 1 unspecified atom stereocenters. The summed E-state index contributed by atoms with van der Waals surface area (Å²) in [6.07, 6.45) is 4.46. The van der Waals surface area contributed by atoms with Gasteiger partial charge >= 0.3 is 0 Å². The molecule has 4 rings (SSSR count). The van der Waals surface area contributed by atoms with Crippen LogP contribution in [0, 0.1) is 6.92 Å². The monoisotopic (exact) mass is 352 g/mol.